The molecule has 3 aliphatic heterocycles. The summed E-state index contributed by atoms with van der Waals surface area (Å²) in [6.45, 7) is 1.26. The summed E-state index contributed by atoms with van der Waals surface area (Å²) >= 11 is 0. The minimum Gasteiger partial charge on any atom is -0.493 e. The number of rotatable bonds is 2. The Balaban J connectivity index is 1.46. The van der Waals surface area contributed by atoms with Gasteiger partial charge in [0.1, 0.15) is 29.8 Å². The molecule has 37 heavy (non-hydrogen) atoms. The van der Waals surface area contributed by atoms with Crippen LogP contribution in [0.5, 0.6) is 17.2 Å². The fraction of sp³-hybridized carbons (Fsp3) is 0.308. The number of fused-ring (bicyclic) bond motifs is 7. The summed E-state index contributed by atoms with van der Waals surface area (Å²) in [5.41, 5.74) is 7.15. The summed E-state index contributed by atoms with van der Waals surface area (Å²) in [5, 5.41) is 5.95. The van der Waals surface area contributed by atoms with Gasteiger partial charge in [0.25, 0.3) is 11.8 Å². The van der Waals surface area contributed by atoms with Crippen molar-refractivity contribution >= 4 is 23.5 Å². The Labute approximate surface area is 213 Å². The van der Waals surface area contributed by atoms with Crippen molar-refractivity contribution in [2.75, 3.05) is 37.4 Å². The normalized spacial score (nSPS) is 20.0. The third-order valence-electron chi connectivity index (χ3n) is 6.35. The molecule has 2 atom stereocenters. The van der Waals surface area contributed by atoms with E-state index in [1.54, 1.807) is 24.3 Å². The summed E-state index contributed by atoms with van der Waals surface area (Å²) in [7, 11) is 1.50. The van der Waals surface area contributed by atoms with Gasteiger partial charge in [-0.2, -0.15) is 0 Å². The van der Waals surface area contributed by atoms with Crippen molar-refractivity contribution in [2.45, 2.75) is 25.1 Å². The molecule has 3 aromatic rings. The number of carbonyl (C=O) groups is 2. The van der Waals surface area contributed by atoms with Crippen LogP contribution < -0.4 is 35.5 Å². The average Bonchev–Trinajstić information content (AvgIpc) is 2.92. The lowest BCUT2D eigenvalue weighted by Crippen LogP contribution is -2.57. The number of nitrogens with one attached hydrogen (secondary N) is 2. The van der Waals surface area contributed by atoms with Gasteiger partial charge in [-0.15, -0.1) is 0 Å². The molecule has 6 rings (SSSR count). The van der Waals surface area contributed by atoms with E-state index in [9.17, 15) is 9.59 Å². The predicted molar refractivity (Wildman–Crippen MR) is 136 cm³/mol. The van der Waals surface area contributed by atoms with Gasteiger partial charge in [-0.1, -0.05) is 12.1 Å². The van der Waals surface area contributed by atoms with Crippen molar-refractivity contribution in [3.8, 4) is 17.2 Å². The minimum absolute atomic E-state index is 0.218. The van der Waals surface area contributed by atoms with Gasteiger partial charge in [-0.3, -0.25) is 9.59 Å². The number of anilines is 2. The molecule has 192 valence electrons. The van der Waals surface area contributed by atoms with E-state index in [1.807, 2.05) is 29.2 Å². The molecule has 1 saturated heterocycles. The Hall–Kier alpha value is -4.54. The smallest absolute Gasteiger partial charge is 0.258 e. The zero-order valence-electron chi connectivity index (χ0n) is 20.3. The highest BCUT2D eigenvalue weighted by Gasteiger charge is 2.33. The number of hydrogen-bond acceptors (Lipinski definition) is 9. The summed E-state index contributed by atoms with van der Waals surface area (Å²) in [4.78, 5) is 36.1. The van der Waals surface area contributed by atoms with Gasteiger partial charge in [0, 0.05) is 37.7 Å². The Kier molecular flexibility index (Phi) is 6.93. The highest BCUT2D eigenvalue weighted by atomic mass is 16.5. The molecule has 1 fully saturated rings. The van der Waals surface area contributed by atoms with Gasteiger partial charge >= 0.3 is 0 Å². The highest BCUT2D eigenvalue weighted by Crippen LogP contribution is 2.29. The second kappa shape index (κ2) is 10.6. The maximum Gasteiger partial charge on any atom is 0.258 e. The number of nitrogens with zero attached hydrogens (tertiary/aromatic N) is 3. The van der Waals surface area contributed by atoms with Gasteiger partial charge in [0.2, 0.25) is 0 Å². The molecule has 0 radical (unpaired) electrons. The molecule has 2 aromatic carbocycles. The third kappa shape index (κ3) is 5.66. The largest absolute Gasteiger partial charge is 0.493 e. The lowest BCUT2D eigenvalue weighted by molar-refractivity contribution is -0.123. The molecule has 1 aromatic heterocycles. The fourth-order valence-corrected chi connectivity index (χ4v) is 4.39. The number of aromatic nitrogens is 2. The lowest BCUT2D eigenvalue weighted by atomic mass is 10.0. The van der Waals surface area contributed by atoms with Crippen LogP contribution in [0.4, 0.5) is 11.6 Å². The van der Waals surface area contributed by atoms with Crippen LogP contribution in [-0.2, 0) is 11.3 Å². The first kappa shape index (κ1) is 24.2. The van der Waals surface area contributed by atoms with Gasteiger partial charge in [0.15, 0.2) is 18.1 Å². The van der Waals surface area contributed by atoms with E-state index in [2.05, 4.69) is 20.6 Å². The number of amides is 2. The molecule has 2 amide bonds. The van der Waals surface area contributed by atoms with Gasteiger partial charge in [-0.05, 0) is 35.9 Å². The summed E-state index contributed by atoms with van der Waals surface area (Å²) in [6.07, 6.45) is 1.78. The van der Waals surface area contributed by atoms with Crippen LogP contribution in [0.3, 0.4) is 0 Å². The number of ether oxygens (including phenoxy) is 3. The molecule has 0 spiro atoms. The number of methoxy groups -OCH3 is 1. The van der Waals surface area contributed by atoms with E-state index in [-0.39, 0.29) is 30.6 Å². The van der Waals surface area contributed by atoms with Crippen LogP contribution in [0.15, 0.2) is 54.9 Å². The topological polar surface area (TPSA) is 141 Å². The molecular formula is C26H28N6O5. The SMILES string of the molecule is COc1ccc2cc1OCC(=O)NCc1ccc(cc1)O[C@@H]1CCN(c3cc(N)ncn3)C[C@@H]1NC2=O. The average molecular weight is 505 g/mol. The summed E-state index contributed by atoms with van der Waals surface area (Å²) in [6, 6.07) is 13.7. The Morgan fingerprint density at radius 1 is 1.11 bits per heavy atom. The molecule has 4 heterocycles. The minimum atomic E-state index is -0.359. The highest BCUT2D eigenvalue weighted by molar-refractivity contribution is 5.95. The second-order valence-corrected chi connectivity index (χ2v) is 8.85. The van der Waals surface area contributed by atoms with Crippen molar-refractivity contribution in [2.24, 2.45) is 0 Å². The first-order valence-corrected chi connectivity index (χ1v) is 11.9. The fourth-order valence-electron chi connectivity index (χ4n) is 4.39. The van der Waals surface area contributed by atoms with Gasteiger partial charge in [0.05, 0.1) is 13.2 Å². The van der Waals surface area contributed by atoms with Crippen molar-refractivity contribution < 1.29 is 23.8 Å². The second-order valence-electron chi connectivity index (χ2n) is 8.85. The van der Waals surface area contributed by atoms with Crippen LogP contribution >= 0.6 is 0 Å². The van der Waals surface area contributed by atoms with E-state index in [0.717, 1.165) is 5.56 Å². The molecule has 11 nitrogen and oxygen atoms in total. The van der Waals surface area contributed by atoms with Gasteiger partial charge in [-0.25, -0.2) is 9.97 Å². The van der Waals surface area contributed by atoms with Crippen molar-refractivity contribution in [1.29, 1.82) is 0 Å². The third-order valence-corrected chi connectivity index (χ3v) is 6.35. The van der Waals surface area contributed by atoms with Crippen LogP contribution in [0.1, 0.15) is 22.3 Å². The number of hydrogen-bond donors (Lipinski definition) is 3. The molecule has 11 heteroatoms. The zero-order chi connectivity index (χ0) is 25.8. The number of nitrogen functional groups attached to an aromatic ring is 1. The number of piperidine rings is 1. The number of carbonyl (C=O) groups excluding carboxylic acids is 2. The van der Waals surface area contributed by atoms with Crippen LogP contribution in [0.25, 0.3) is 0 Å². The lowest BCUT2D eigenvalue weighted by Gasteiger charge is -2.39. The van der Waals surface area contributed by atoms with Gasteiger partial charge < -0.3 is 35.5 Å². The zero-order valence-corrected chi connectivity index (χ0v) is 20.3. The summed E-state index contributed by atoms with van der Waals surface area (Å²) < 4.78 is 17.4. The first-order valence-electron chi connectivity index (χ1n) is 11.9. The monoisotopic (exact) mass is 504 g/mol. The van der Waals surface area contributed by atoms with E-state index < -0.39 is 0 Å². The van der Waals surface area contributed by atoms with E-state index in [0.29, 0.717) is 60.5 Å². The van der Waals surface area contributed by atoms with Crippen molar-refractivity contribution in [3.05, 3.63) is 66.0 Å². The number of benzene rings is 2. The van der Waals surface area contributed by atoms with Crippen LogP contribution in [0.2, 0.25) is 0 Å². The molecular weight excluding hydrogens is 476 g/mol. The molecule has 0 unspecified atom stereocenters. The first-order chi connectivity index (χ1) is 18.0. The quantitative estimate of drug-likeness (QED) is 0.474. The Morgan fingerprint density at radius 3 is 2.73 bits per heavy atom. The molecule has 0 saturated carbocycles. The Bertz CT molecular complexity index is 1280. The molecule has 0 aliphatic carbocycles. The summed E-state index contributed by atoms with van der Waals surface area (Å²) in [5.74, 6) is 1.86. The Morgan fingerprint density at radius 2 is 1.95 bits per heavy atom. The standard InChI is InChI=1S/C26H28N6O5/c1-35-21-7-4-17-10-22(21)36-14-25(33)28-12-16-2-5-18(6-3-16)37-20-8-9-32(13-19(20)31-26(17)34)24-11-23(27)29-15-30-24/h2-7,10-11,15,19-20H,8-9,12-14H2,1H3,(H,28,33)(H,31,34)(H2,27,29,30)/t19-,20+/m0/s1. The van der Waals surface area contributed by atoms with E-state index >= 15 is 0 Å². The van der Waals surface area contributed by atoms with Crippen molar-refractivity contribution in [3.63, 3.8) is 0 Å². The van der Waals surface area contributed by atoms with Crippen LogP contribution in [-0.4, -0.2) is 60.7 Å². The van der Waals surface area contributed by atoms with Crippen molar-refractivity contribution in [1.82, 2.24) is 20.6 Å². The number of nitrogens with two attached hydrogens (primary N) is 1. The maximum atomic E-state index is 13.4. The molecule has 4 bridgehead atoms. The predicted octanol–water partition coefficient (Wildman–Crippen LogP) is 1.53. The maximum absolute atomic E-state index is 13.4. The molecule has 4 N–H and O–H groups in total. The van der Waals surface area contributed by atoms with Crippen LogP contribution in [0, 0.1) is 0 Å². The van der Waals surface area contributed by atoms with E-state index in [1.165, 1.54) is 13.4 Å². The molecule has 3 aliphatic rings. The van der Waals surface area contributed by atoms with E-state index in [4.69, 9.17) is 19.9 Å².